The van der Waals surface area contributed by atoms with Crippen LogP contribution >= 0.6 is 11.8 Å². The number of pyridine rings is 1. The van der Waals surface area contributed by atoms with Crippen molar-refractivity contribution in [1.82, 2.24) is 10.3 Å². The molecule has 0 radical (unpaired) electrons. The Hall–Kier alpha value is -2.22. The molecule has 4 nitrogen and oxygen atoms in total. The van der Waals surface area contributed by atoms with Crippen molar-refractivity contribution in [2.45, 2.75) is 17.7 Å². The average Bonchev–Trinajstić information content (AvgIpc) is 2.57. The molecule has 0 saturated heterocycles. The summed E-state index contributed by atoms with van der Waals surface area (Å²) < 4.78 is 42.3. The van der Waals surface area contributed by atoms with Crippen LogP contribution in [-0.4, -0.2) is 29.9 Å². The molecule has 0 aliphatic heterocycles. The molecule has 24 heavy (non-hydrogen) atoms. The maximum atomic E-state index is 12.4. The second kappa shape index (κ2) is 8.05. The van der Waals surface area contributed by atoms with Gasteiger partial charge in [0.15, 0.2) is 0 Å². The van der Waals surface area contributed by atoms with E-state index in [-0.39, 0.29) is 17.1 Å². The van der Waals surface area contributed by atoms with E-state index in [1.54, 1.807) is 24.3 Å². The Balaban J connectivity index is 2.07. The Bertz CT molecular complexity index is 708. The van der Waals surface area contributed by atoms with Gasteiger partial charge in [-0.2, -0.15) is 13.2 Å². The van der Waals surface area contributed by atoms with Gasteiger partial charge in [0, 0.05) is 18.3 Å². The number of benzene rings is 1. The van der Waals surface area contributed by atoms with Crippen molar-refractivity contribution in [3.05, 3.63) is 53.7 Å². The number of nitrogens with one attached hydrogen (secondary N) is 1. The van der Waals surface area contributed by atoms with Crippen molar-refractivity contribution in [2.24, 2.45) is 0 Å². The summed E-state index contributed by atoms with van der Waals surface area (Å²) in [7, 11) is 1.52. The van der Waals surface area contributed by atoms with Crippen LogP contribution in [0.3, 0.4) is 0 Å². The number of halogens is 3. The number of rotatable bonds is 6. The van der Waals surface area contributed by atoms with E-state index in [0.717, 1.165) is 5.56 Å². The van der Waals surface area contributed by atoms with Crippen LogP contribution in [-0.2, 0) is 6.54 Å². The molecular weight excluding hydrogens is 341 g/mol. The van der Waals surface area contributed by atoms with Gasteiger partial charge >= 0.3 is 6.18 Å². The van der Waals surface area contributed by atoms with Gasteiger partial charge in [-0.15, -0.1) is 0 Å². The standard InChI is InChI=1S/C16H15F3N2O2S/c1-23-13-7-3-2-5-11(13)9-21-14(22)12-6-4-8-20-15(12)24-10-16(17,18)19/h2-8H,9-10H2,1H3,(H,21,22). The SMILES string of the molecule is COc1ccccc1CNC(=O)c1cccnc1SCC(F)(F)F. The van der Waals surface area contributed by atoms with Gasteiger partial charge in [-0.05, 0) is 18.2 Å². The van der Waals surface area contributed by atoms with Crippen molar-refractivity contribution in [3.8, 4) is 5.75 Å². The first-order chi connectivity index (χ1) is 11.4. The molecule has 0 bridgehead atoms. The summed E-state index contributed by atoms with van der Waals surface area (Å²) >= 11 is 0.490. The van der Waals surface area contributed by atoms with Gasteiger partial charge in [0.25, 0.3) is 5.91 Å². The smallest absolute Gasteiger partial charge is 0.398 e. The Morgan fingerprint density at radius 2 is 2.00 bits per heavy atom. The quantitative estimate of drug-likeness (QED) is 0.803. The molecule has 1 heterocycles. The topological polar surface area (TPSA) is 51.2 Å². The van der Waals surface area contributed by atoms with E-state index >= 15 is 0 Å². The molecule has 0 unspecified atom stereocenters. The predicted octanol–water partition coefficient (Wildman–Crippen LogP) is 3.67. The van der Waals surface area contributed by atoms with E-state index in [1.165, 1.54) is 25.4 Å². The minimum atomic E-state index is -4.33. The third-order valence-electron chi connectivity index (χ3n) is 3.02. The molecule has 2 rings (SSSR count). The van der Waals surface area contributed by atoms with E-state index < -0.39 is 17.8 Å². The fraction of sp³-hybridized carbons (Fsp3) is 0.250. The lowest BCUT2D eigenvalue weighted by Crippen LogP contribution is -2.24. The summed E-state index contributed by atoms with van der Waals surface area (Å²) in [6, 6.07) is 10.1. The summed E-state index contributed by atoms with van der Waals surface area (Å²) in [5.41, 5.74) is 0.878. The predicted molar refractivity (Wildman–Crippen MR) is 85.2 cm³/mol. The molecule has 1 N–H and O–H groups in total. The Labute approximate surface area is 141 Å². The summed E-state index contributed by atoms with van der Waals surface area (Å²) in [5, 5.41) is 2.72. The number of amides is 1. The highest BCUT2D eigenvalue weighted by Gasteiger charge is 2.28. The third kappa shape index (κ3) is 5.16. The molecule has 0 aliphatic rings. The van der Waals surface area contributed by atoms with Gasteiger partial charge in [-0.3, -0.25) is 4.79 Å². The van der Waals surface area contributed by atoms with Gasteiger partial charge < -0.3 is 10.1 Å². The first-order valence-electron chi connectivity index (χ1n) is 6.95. The van der Waals surface area contributed by atoms with Gasteiger partial charge in [0.2, 0.25) is 0 Å². The molecular formula is C16H15F3N2O2S. The van der Waals surface area contributed by atoms with E-state index in [0.29, 0.717) is 17.5 Å². The number of hydrogen-bond donors (Lipinski definition) is 1. The van der Waals surface area contributed by atoms with Crippen LogP contribution in [0.2, 0.25) is 0 Å². The number of methoxy groups -OCH3 is 1. The van der Waals surface area contributed by atoms with Crippen molar-refractivity contribution >= 4 is 17.7 Å². The summed E-state index contributed by atoms with van der Waals surface area (Å²) in [4.78, 5) is 16.1. The van der Waals surface area contributed by atoms with Crippen LogP contribution in [0.15, 0.2) is 47.6 Å². The lowest BCUT2D eigenvalue weighted by molar-refractivity contribution is -0.105. The lowest BCUT2D eigenvalue weighted by atomic mass is 10.2. The van der Waals surface area contributed by atoms with Gasteiger partial charge in [-0.1, -0.05) is 30.0 Å². The number of carbonyl (C=O) groups is 1. The van der Waals surface area contributed by atoms with Gasteiger partial charge in [0.05, 0.1) is 18.4 Å². The zero-order valence-corrected chi connectivity index (χ0v) is 13.6. The zero-order valence-electron chi connectivity index (χ0n) is 12.8. The number of aromatic nitrogens is 1. The van der Waals surface area contributed by atoms with Crippen LogP contribution in [0.5, 0.6) is 5.75 Å². The average molecular weight is 356 g/mol. The van der Waals surface area contributed by atoms with Crippen LogP contribution in [0.25, 0.3) is 0 Å². The van der Waals surface area contributed by atoms with Crippen LogP contribution in [0.4, 0.5) is 13.2 Å². The highest BCUT2D eigenvalue weighted by molar-refractivity contribution is 7.99. The minimum absolute atomic E-state index is 0.0485. The maximum absolute atomic E-state index is 12.4. The summed E-state index contributed by atoms with van der Waals surface area (Å²) in [5.74, 6) is -0.967. The van der Waals surface area contributed by atoms with E-state index in [4.69, 9.17) is 4.74 Å². The molecule has 2 aromatic rings. The van der Waals surface area contributed by atoms with Crippen LogP contribution < -0.4 is 10.1 Å². The molecule has 128 valence electrons. The Morgan fingerprint density at radius 1 is 1.25 bits per heavy atom. The van der Waals surface area contributed by atoms with Crippen molar-refractivity contribution in [3.63, 3.8) is 0 Å². The second-order valence-electron chi connectivity index (χ2n) is 4.75. The molecule has 8 heteroatoms. The summed E-state index contributed by atoms with van der Waals surface area (Å²) in [6.07, 6.45) is -2.97. The monoisotopic (exact) mass is 356 g/mol. The zero-order chi connectivity index (χ0) is 17.6. The second-order valence-corrected chi connectivity index (χ2v) is 5.72. The summed E-state index contributed by atoms with van der Waals surface area (Å²) in [6.45, 7) is 0.196. The highest BCUT2D eigenvalue weighted by atomic mass is 32.2. The lowest BCUT2D eigenvalue weighted by Gasteiger charge is -2.12. The molecule has 1 aromatic heterocycles. The van der Waals surface area contributed by atoms with Crippen LogP contribution in [0, 0.1) is 0 Å². The molecule has 1 aromatic carbocycles. The fourth-order valence-electron chi connectivity index (χ4n) is 1.95. The number of ether oxygens (including phenoxy) is 1. The molecule has 0 fully saturated rings. The van der Waals surface area contributed by atoms with E-state index in [1.807, 2.05) is 0 Å². The fourth-order valence-corrected chi connectivity index (χ4v) is 2.70. The maximum Gasteiger partial charge on any atom is 0.398 e. The number of carbonyl (C=O) groups excluding carboxylic acids is 1. The largest absolute Gasteiger partial charge is 0.496 e. The third-order valence-corrected chi connectivity index (χ3v) is 4.09. The normalized spacial score (nSPS) is 11.2. The Morgan fingerprint density at radius 3 is 2.71 bits per heavy atom. The number of nitrogens with zero attached hydrogens (tertiary/aromatic N) is 1. The minimum Gasteiger partial charge on any atom is -0.496 e. The molecule has 1 amide bonds. The first-order valence-corrected chi connectivity index (χ1v) is 7.94. The number of thioether (sulfide) groups is 1. The van der Waals surface area contributed by atoms with Crippen molar-refractivity contribution in [2.75, 3.05) is 12.9 Å². The number of alkyl halides is 3. The van der Waals surface area contributed by atoms with E-state index in [2.05, 4.69) is 10.3 Å². The number of para-hydroxylation sites is 1. The van der Waals surface area contributed by atoms with Gasteiger partial charge in [-0.25, -0.2) is 4.98 Å². The molecule has 0 aliphatic carbocycles. The first kappa shape index (κ1) is 18.1. The van der Waals surface area contributed by atoms with E-state index in [9.17, 15) is 18.0 Å². The molecule has 0 spiro atoms. The van der Waals surface area contributed by atoms with Gasteiger partial charge in [0.1, 0.15) is 10.8 Å². The van der Waals surface area contributed by atoms with Crippen LogP contribution in [0.1, 0.15) is 15.9 Å². The van der Waals surface area contributed by atoms with Crippen molar-refractivity contribution in [1.29, 1.82) is 0 Å². The molecule has 0 saturated carbocycles. The highest BCUT2D eigenvalue weighted by Crippen LogP contribution is 2.28. The van der Waals surface area contributed by atoms with Crippen molar-refractivity contribution < 1.29 is 22.7 Å². The molecule has 0 atom stereocenters. The Kier molecular flexibility index (Phi) is 6.08. The number of hydrogen-bond acceptors (Lipinski definition) is 4.